The normalized spacial score (nSPS) is 11.1. The molecule has 0 aliphatic heterocycles. The molecule has 2 heterocycles. The third-order valence-electron chi connectivity index (χ3n) is 2.71. The Bertz CT molecular complexity index is 790. The number of hydrogen-bond donors (Lipinski definition) is 0. The van der Waals surface area contributed by atoms with Gasteiger partial charge in [0.1, 0.15) is 16.3 Å². The van der Waals surface area contributed by atoms with E-state index in [2.05, 4.69) is 4.98 Å². The Morgan fingerprint density at radius 2 is 1.95 bits per heavy atom. The van der Waals surface area contributed by atoms with Crippen LogP contribution in [0.3, 0.4) is 0 Å². The molecule has 0 aliphatic rings. The lowest BCUT2D eigenvalue weighted by Crippen LogP contribution is -2.20. The predicted molar refractivity (Wildman–Crippen MR) is 69.3 cm³/mol. The number of halogens is 2. The Labute approximate surface area is 110 Å². The van der Waals surface area contributed by atoms with Gasteiger partial charge in [0.15, 0.2) is 0 Å². The van der Waals surface area contributed by atoms with Crippen LogP contribution in [-0.2, 0) is 6.54 Å². The van der Waals surface area contributed by atoms with Crippen molar-refractivity contribution in [3.05, 3.63) is 63.5 Å². The molecule has 0 bridgehead atoms. The minimum atomic E-state index is -0.659. The molecule has 0 N–H and O–H groups in total. The third kappa shape index (κ3) is 2.26. The van der Waals surface area contributed by atoms with Crippen molar-refractivity contribution in [2.24, 2.45) is 0 Å². The molecule has 0 saturated carbocycles. The minimum Gasteiger partial charge on any atom is -0.294 e. The summed E-state index contributed by atoms with van der Waals surface area (Å²) < 4.78 is 28.1. The molecule has 6 heteroatoms. The summed E-state index contributed by atoms with van der Waals surface area (Å²) in [6, 6.07) is 4.96. The molecule has 19 heavy (non-hydrogen) atoms. The van der Waals surface area contributed by atoms with Gasteiger partial charge in [0.05, 0.1) is 18.4 Å². The molecule has 3 rings (SSSR count). The van der Waals surface area contributed by atoms with E-state index in [1.807, 2.05) is 0 Å². The first kappa shape index (κ1) is 12.0. The smallest absolute Gasteiger partial charge is 0.271 e. The lowest BCUT2D eigenvalue weighted by atomic mass is 10.2. The maximum absolute atomic E-state index is 13.1. The van der Waals surface area contributed by atoms with E-state index in [0.29, 0.717) is 15.8 Å². The zero-order valence-corrected chi connectivity index (χ0v) is 10.5. The Hall–Kier alpha value is -2.08. The first-order valence-corrected chi connectivity index (χ1v) is 6.39. The summed E-state index contributed by atoms with van der Waals surface area (Å²) in [6.07, 6.45) is 1.39. The average Bonchev–Trinajstić information content (AvgIpc) is 2.80. The second kappa shape index (κ2) is 4.55. The van der Waals surface area contributed by atoms with E-state index in [-0.39, 0.29) is 12.1 Å². The fourth-order valence-corrected chi connectivity index (χ4v) is 2.68. The van der Waals surface area contributed by atoms with Crippen LogP contribution in [0, 0.1) is 11.6 Å². The van der Waals surface area contributed by atoms with Gasteiger partial charge in [-0.05, 0) is 29.1 Å². The van der Waals surface area contributed by atoms with Crippen molar-refractivity contribution in [2.45, 2.75) is 6.54 Å². The molecular formula is C13H8F2N2OS. The van der Waals surface area contributed by atoms with E-state index < -0.39 is 11.6 Å². The highest BCUT2D eigenvalue weighted by Gasteiger charge is 2.07. The second-order valence-corrected chi connectivity index (χ2v) is 5.01. The van der Waals surface area contributed by atoms with Gasteiger partial charge in [0.25, 0.3) is 5.56 Å². The summed E-state index contributed by atoms with van der Waals surface area (Å²) in [6.45, 7) is 0.0916. The lowest BCUT2D eigenvalue weighted by molar-refractivity contribution is 0.576. The van der Waals surface area contributed by atoms with Gasteiger partial charge in [-0.2, -0.15) is 0 Å². The van der Waals surface area contributed by atoms with Crippen LogP contribution in [-0.4, -0.2) is 9.55 Å². The highest BCUT2D eigenvalue weighted by molar-refractivity contribution is 7.17. The fraction of sp³-hybridized carbons (Fsp3) is 0.0769. The molecule has 0 fully saturated rings. The van der Waals surface area contributed by atoms with Crippen molar-refractivity contribution in [1.82, 2.24) is 9.55 Å². The van der Waals surface area contributed by atoms with Crippen LogP contribution in [0.4, 0.5) is 8.78 Å². The van der Waals surface area contributed by atoms with Crippen molar-refractivity contribution < 1.29 is 8.78 Å². The molecule has 0 unspecified atom stereocenters. The van der Waals surface area contributed by atoms with Crippen LogP contribution < -0.4 is 5.56 Å². The predicted octanol–water partition coefficient (Wildman–Crippen LogP) is 2.78. The molecule has 0 spiro atoms. The van der Waals surface area contributed by atoms with E-state index >= 15 is 0 Å². The van der Waals surface area contributed by atoms with Crippen LogP contribution in [0.5, 0.6) is 0 Å². The van der Waals surface area contributed by atoms with Crippen LogP contribution in [0.1, 0.15) is 5.56 Å². The molecule has 0 atom stereocenters. The molecule has 2 aromatic heterocycles. The highest BCUT2D eigenvalue weighted by atomic mass is 32.1. The summed E-state index contributed by atoms with van der Waals surface area (Å²) >= 11 is 1.30. The number of rotatable bonds is 2. The van der Waals surface area contributed by atoms with Gasteiger partial charge in [-0.25, -0.2) is 13.8 Å². The van der Waals surface area contributed by atoms with Gasteiger partial charge in [0.2, 0.25) is 0 Å². The summed E-state index contributed by atoms with van der Waals surface area (Å²) in [5.74, 6) is -1.32. The maximum atomic E-state index is 13.1. The largest absolute Gasteiger partial charge is 0.294 e. The number of benzene rings is 1. The quantitative estimate of drug-likeness (QED) is 0.722. The highest BCUT2D eigenvalue weighted by Crippen LogP contribution is 2.14. The molecule has 3 aromatic rings. The summed E-state index contributed by atoms with van der Waals surface area (Å²) in [5, 5.41) is 1.78. The molecule has 0 radical (unpaired) electrons. The van der Waals surface area contributed by atoms with Crippen LogP contribution in [0.15, 0.2) is 40.8 Å². The van der Waals surface area contributed by atoms with E-state index in [0.717, 1.165) is 6.07 Å². The van der Waals surface area contributed by atoms with E-state index in [1.54, 1.807) is 11.4 Å². The van der Waals surface area contributed by atoms with Crippen molar-refractivity contribution in [2.75, 3.05) is 0 Å². The Kier molecular flexibility index (Phi) is 2.87. The molecule has 96 valence electrons. The lowest BCUT2D eigenvalue weighted by Gasteiger charge is -2.05. The maximum Gasteiger partial charge on any atom is 0.271 e. The van der Waals surface area contributed by atoms with Gasteiger partial charge >= 0.3 is 0 Å². The Balaban J connectivity index is 2.05. The van der Waals surface area contributed by atoms with E-state index in [4.69, 9.17) is 0 Å². The number of nitrogens with zero attached hydrogens (tertiary/aromatic N) is 2. The zero-order valence-electron chi connectivity index (χ0n) is 9.64. The summed E-state index contributed by atoms with van der Waals surface area (Å²) in [5.41, 5.74) is 0.818. The fourth-order valence-electron chi connectivity index (χ4n) is 1.89. The van der Waals surface area contributed by atoms with Crippen molar-refractivity contribution in [3.8, 4) is 0 Å². The monoisotopic (exact) mass is 278 g/mol. The van der Waals surface area contributed by atoms with Crippen LogP contribution in [0.25, 0.3) is 10.2 Å². The Morgan fingerprint density at radius 1 is 1.21 bits per heavy atom. The number of aromatic nitrogens is 2. The van der Waals surface area contributed by atoms with Crippen LogP contribution >= 0.6 is 11.3 Å². The first-order chi connectivity index (χ1) is 9.13. The topological polar surface area (TPSA) is 34.9 Å². The number of hydrogen-bond acceptors (Lipinski definition) is 3. The average molecular weight is 278 g/mol. The molecule has 3 nitrogen and oxygen atoms in total. The van der Waals surface area contributed by atoms with Gasteiger partial charge in [-0.1, -0.05) is 0 Å². The third-order valence-corrected chi connectivity index (χ3v) is 3.60. The van der Waals surface area contributed by atoms with Gasteiger partial charge in [0, 0.05) is 6.07 Å². The SMILES string of the molecule is O=c1c2sccc2ncn1Cc1cc(F)cc(F)c1. The van der Waals surface area contributed by atoms with Crippen LogP contribution in [0.2, 0.25) is 0 Å². The molecule has 1 aromatic carbocycles. The summed E-state index contributed by atoms with van der Waals surface area (Å²) in [4.78, 5) is 16.2. The summed E-state index contributed by atoms with van der Waals surface area (Å²) in [7, 11) is 0. The van der Waals surface area contributed by atoms with Gasteiger partial charge < -0.3 is 0 Å². The standard InChI is InChI=1S/C13H8F2N2OS/c14-9-3-8(4-10(15)5-9)6-17-7-16-11-1-2-19-12(11)13(17)18/h1-5,7H,6H2. The molecular weight excluding hydrogens is 270 g/mol. The Morgan fingerprint density at radius 3 is 2.68 bits per heavy atom. The molecule has 0 saturated heterocycles. The van der Waals surface area contributed by atoms with Gasteiger partial charge in [-0.3, -0.25) is 9.36 Å². The van der Waals surface area contributed by atoms with E-state index in [9.17, 15) is 13.6 Å². The van der Waals surface area contributed by atoms with Gasteiger partial charge in [-0.15, -0.1) is 11.3 Å². The van der Waals surface area contributed by atoms with Crippen molar-refractivity contribution >= 4 is 21.6 Å². The van der Waals surface area contributed by atoms with E-state index in [1.165, 1.54) is 34.4 Å². The van der Waals surface area contributed by atoms with Crippen molar-refractivity contribution in [1.29, 1.82) is 0 Å². The number of thiophene rings is 1. The molecule has 0 aliphatic carbocycles. The van der Waals surface area contributed by atoms with Crippen molar-refractivity contribution in [3.63, 3.8) is 0 Å². The number of fused-ring (bicyclic) bond motifs is 1. The second-order valence-electron chi connectivity index (χ2n) is 4.09. The molecule has 0 amide bonds. The first-order valence-electron chi connectivity index (χ1n) is 5.51. The minimum absolute atomic E-state index is 0.0916. The zero-order chi connectivity index (χ0) is 13.4.